The van der Waals surface area contributed by atoms with Gasteiger partial charge >= 0.3 is 5.97 Å². The fourth-order valence-electron chi connectivity index (χ4n) is 1.42. The van der Waals surface area contributed by atoms with Crippen LogP contribution in [-0.4, -0.2) is 34.7 Å². The monoisotopic (exact) mass is 296 g/mol. The van der Waals surface area contributed by atoms with Crippen molar-refractivity contribution in [2.24, 2.45) is 5.73 Å². The quantitative estimate of drug-likeness (QED) is 0.636. The summed E-state index contributed by atoms with van der Waals surface area (Å²) < 4.78 is 0. The van der Waals surface area contributed by atoms with Gasteiger partial charge in [-0.25, -0.2) is 4.79 Å². The fourth-order valence-corrected chi connectivity index (χ4v) is 2.13. The minimum absolute atomic E-state index is 0.0750. The molecular formula is C13H16N2O4S. The zero-order chi connectivity index (χ0) is 15.1. The zero-order valence-corrected chi connectivity index (χ0v) is 11.8. The number of carboxylic acid groups (broad SMARTS) is 1. The summed E-state index contributed by atoms with van der Waals surface area (Å²) in [5, 5.41) is 11.1. The first-order chi connectivity index (χ1) is 9.38. The molecule has 0 radical (unpaired) electrons. The van der Waals surface area contributed by atoms with Crippen molar-refractivity contribution >= 4 is 29.5 Å². The van der Waals surface area contributed by atoms with Crippen molar-refractivity contribution in [1.29, 1.82) is 0 Å². The number of thioether (sulfide) groups is 1. The summed E-state index contributed by atoms with van der Waals surface area (Å²) in [6.45, 7) is 1.96. The lowest BCUT2D eigenvalue weighted by Crippen LogP contribution is -2.44. The van der Waals surface area contributed by atoms with Crippen molar-refractivity contribution in [3.05, 3.63) is 29.8 Å². The van der Waals surface area contributed by atoms with Crippen molar-refractivity contribution in [1.82, 2.24) is 5.32 Å². The number of carbonyl (C=O) groups is 3. The SMILES string of the molecule is Cc1ccc(SCC(=O)N[C@H](CC(N)=O)C(=O)O)cc1. The van der Waals surface area contributed by atoms with Crippen molar-refractivity contribution in [3.8, 4) is 0 Å². The maximum absolute atomic E-state index is 11.6. The number of aliphatic carboxylic acids is 1. The molecule has 4 N–H and O–H groups in total. The Bertz CT molecular complexity index is 502. The van der Waals surface area contributed by atoms with E-state index >= 15 is 0 Å². The lowest BCUT2D eigenvalue weighted by molar-refractivity contribution is -0.143. The summed E-state index contributed by atoms with van der Waals surface area (Å²) >= 11 is 1.29. The molecule has 0 saturated heterocycles. The third kappa shape index (κ3) is 5.75. The number of aryl methyl sites for hydroxylation is 1. The van der Waals surface area contributed by atoms with Gasteiger partial charge in [-0.15, -0.1) is 11.8 Å². The molecule has 0 aliphatic rings. The van der Waals surface area contributed by atoms with Gasteiger partial charge in [0.25, 0.3) is 0 Å². The molecule has 1 atom stereocenters. The maximum atomic E-state index is 11.6. The number of hydrogen-bond acceptors (Lipinski definition) is 4. The molecule has 0 aliphatic heterocycles. The van der Waals surface area contributed by atoms with Gasteiger partial charge in [0.05, 0.1) is 12.2 Å². The van der Waals surface area contributed by atoms with Crippen molar-refractivity contribution in [2.75, 3.05) is 5.75 Å². The van der Waals surface area contributed by atoms with E-state index in [1.165, 1.54) is 11.8 Å². The van der Waals surface area contributed by atoms with Crippen LogP contribution in [-0.2, 0) is 14.4 Å². The lowest BCUT2D eigenvalue weighted by Gasteiger charge is -2.12. The van der Waals surface area contributed by atoms with E-state index < -0.39 is 30.2 Å². The highest BCUT2D eigenvalue weighted by Gasteiger charge is 2.21. The van der Waals surface area contributed by atoms with Crippen molar-refractivity contribution in [3.63, 3.8) is 0 Å². The Kier molecular flexibility index (Phi) is 6.05. The Morgan fingerprint density at radius 1 is 1.30 bits per heavy atom. The van der Waals surface area contributed by atoms with Gasteiger partial charge in [-0.1, -0.05) is 17.7 Å². The average Bonchev–Trinajstić information content (AvgIpc) is 2.36. The predicted molar refractivity (Wildman–Crippen MR) is 75.3 cm³/mol. The largest absolute Gasteiger partial charge is 0.480 e. The van der Waals surface area contributed by atoms with E-state index in [-0.39, 0.29) is 5.75 Å². The summed E-state index contributed by atoms with van der Waals surface area (Å²) in [4.78, 5) is 34.1. The van der Waals surface area contributed by atoms with Crippen LogP contribution in [0.3, 0.4) is 0 Å². The number of rotatable bonds is 7. The second-order valence-electron chi connectivity index (χ2n) is 4.23. The number of nitrogens with one attached hydrogen (secondary N) is 1. The number of amides is 2. The van der Waals surface area contributed by atoms with Crippen LogP contribution < -0.4 is 11.1 Å². The van der Waals surface area contributed by atoms with E-state index in [9.17, 15) is 14.4 Å². The normalized spacial score (nSPS) is 11.7. The van der Waals surface area contributed by atoms with E-state index in [0.717, 1.165) is 10.5 Å². The van der Waals surface area contributed by atoms with E-state index in [1.54, 1.807) is 0 Å². The molecule has 0 bridgehead atoms. The first kappa shape index (κ1) is 16.0. The third-order valence-electron chi connectivity index (χ3n) is 2.43. The zero-order valence-electron chi connectivity index (χ0n) is 11.0. The maximum Gasteiger partial charge on any atom is 0.326 e. The van der Waals surface area contributed by atoms with Crippen LogP contribution >= 0.6 is 11.8 Å². The average molecular weight is 296 g/mol. The van der Waals surface area contributed by atoms with Gasteiger partial charge in [-0.2, -0.15) is 0 Å². The molecule has 1 aromatic carbocycles. The van der Waals surface area contributed by atoms with Gasteiger partial charge in [-0.3, -0.25) is 9.59 Å². The van der Waals surface area contributed by atoms with Crippen molar-refractivity contribution < 1.29 is 19.5 Å². The second-order valence-corrected chi connectivity index (χ2v) is 5.28. The van der Waals surface area contributed by atoms with Crippen LogP contribution in [0.5, 0.6) is 0 Å². The van der Waals surface area contributed by atoms with Crippen LogP contribution in [0, 0.1) is 6.92 Å². The Morgan fingerprint density at radius 2 is 1.90 bits per heavy atom. The van der Waals surface area contributed by atoms with Crippen LogP contribution in [0.25, 0.3) is 0 Å². The first-order valence-corrected chi connectivity index (χ1v) is 6.87. The predicted octanol–water partition coefficient (Wildman–Crippen LogP) is 0.532. The van der Waals surface area contributed by atoms with Crippen LogP contribution in [0.4, 0.5) is 0 Å². The molecule has 1 aromatic rings. The summed E-state index contributed by atoms with van der Waals surface area (Å²) in [6.07, 6.45) is -0.420. The Hall–Kier alpha value is -2.02. The molecule has 0 fully saturated rings. The molecule has 0 aromatic heterocycles. The third-order valence-corrected chi connectivity index (χ3v) is 3.44. The summed E-state index contributed by atoms with van der Waals surface area (Å²) in [7, 11) is 0. The minimum atomic E-state index is -1.28. The number of nitrogens with two attached hydrogens (primary N) is 1. The summed E-state index contributed by atoms with van der Waals surface area (Å²) in [5.74, 6) is -2.43. The molecule has 20 heavy (non-hydrogen) atoms. The second kappa shape index (κ2) is 7.54. The number of carboxylic acids is 1. The highest BCUT2D eigenvalue weighted by Crippen LogP contribution is 2.17. The molecule has 0 unspecified atom stereocenters. The van der Waals surface area contributed by atoms with E-state index in [2.05, 4.69) is 5.32 Å². The highest BCUT2D eigenvalue weighted by molar-refractivity contribution is 8.00. The van der Waals surface area contributed by atoms with Gasteiger partial charge in [0.1, 0.15) is 6.04 Å². The highest BCUT2D eigenvalue weighted by atomic mass is 32.2. The molecule has 108 valence electrons. The van der Waals surface area contributed by atoms with E-state index in [4.69, 9.17) is 10.8 Å². The Labute approximate surface area is 120 Å². The standard InChI is InChI=1S/C13H16N2O4S/c1-8-2-4-9(5-3-8)20-7-12(17)15-10(13(18)19)6-11(14)16/h2-5,10H,6-7H2,1H3,(H2,14,16)(H,15,17)(H,18,19)/t10-/m1/s1. The van der Waals surface area contributed by atoms with Gasteiger partial charge in [0.15, 0.2) is 0 Å². The smallest absolute Gasteiger partial charge is 0.326 e. The van der Waals surface area contributed by atoms with Gasteiger partial charge in [0.2, 0.25) is 11.8 Å². The number of carbonyl (C=O) groups excluding carboxylic acids is 2. The molecule has 0 heterocycles. The number of hydrogen-bond donors (Lipinski definition) is 3. The van der Waals surface area contributed by atoms with Crippen molar-refractivity contribution in [2.45, 2.75) is 24.3 Å². The Balaban J connectivity index is 2.47. The van der Waals surface area contributed by atoms with E-state index in [0.29, 0.717) is 0 Å². The molecule has 0 saturated carbocycles. The first-order valence-electron chi connectivity index (χ1n) is 5.88. The lowest BCUT2D eigenvalue weighted by atomic mass is 10.2. The van der Waals surface area contributed by atoms with Crippen LogP contribution in [0.15, 0.2) is 29.2 Å². The molecule has 0 spiro atoms. The summed E-state index contributed by atoms with van der Waals surface area (Å²) in [5.41, 5.74) is 6.04. The Morgan fingerprint density at radius 3 is 2.40 bits per heavy atom. The fraction of sp³-hybridized carbons (Fsp3) is 0.308. The van der Waals surface area contributed by atoms with Crippen LogP contribution in [0.2, 0.25) is 0 Å². The molecule has 1 rings (SSSR count). The molecule has 6 nitrogen and oxygen atoms in total. The number of primary amides is 1. The molecule has 0 aliphatic carbocycles. The molecule has 2 amide bonds. The van der Waals surface area contributed by atoms with Gasteiger partial charge < -0.3 is 16.2 Å². The van der Waals surface area contributed by atoms with E-state index in [1.807, 2.05) is 31.2 Å². The van der Waals surface area contributed by atoms with Gasteiger partial charge in [0, 0.05) is 4.90 Å². The molecule has 7 heteroatoms. The van der Waals surface area contributed by atoms with Gasteiger partial charge in [-0.05, 0) is 19.1 Å². The summed E-state index contributed by atoms with van der Waals surface area (Å²) in [6, 6.07) is 6.33. The minimum Gasteiger partial charge on any atom is -0.480 e. The topological polar surface area (TPSA) is 109 Å². The molecular weight excluding hydrogens is 280 g/mol. The van der Waals surface area contributed by atoms with Crippen LogP contribution in [0.1, 0.15) is 12.0 Å². The number of benzene rings is 1.